The Kier molecular flexibility index (Phi) is 6.58. The van der Waals surface area contributed by atoms with Crippen LogP contribution in [0, 0.1) is 0 Å². The maximum Gasteiger partial charge on any atom is 0.251 e. The molecule has 3 aromatic rings. The van der Waals surface area contributed by atoms with Gasteiger partial charge in [-0.25, -0.2) is 18.4 Å². The van der Waals surface area contributed by atoms with Gasteiger partial charge in [-0.05, 0) is 56.9 Å². The molecule has 1 N–H and O–H groups in total. The molecule has 172 valence electrons. The van der Waals surface area contributed by atoms with Gasteiger partial charge >= 0.3 is 0 Å². The van der Waals surface area contributed by atoms with Crippen LogP contribution in [0.5, 0.6) is 0 Å². The molecule has 1 aromatic heterocycles. The Bertz CT molecular complexity index is 1260. The van der Waals surface area contributed by atoms with Crippen molar-refractivity contribution >= 4 is 15.9 Å². The molecular weight excluding hydrogens is 436 g/mol. The normalized spacial score (nSPS) is 16.0. The monoisotopic (exact) mass is 464 g/mol. The summed E-state index contributed by atoms with van der Waals surface area (Å²) in [6, 6.07) is 15.8. The molecule has 1 aliphatic carbocycles. The second-order valence-corrected chi connectivity index (χ2v) is 10.6. The zero-order chi connectivity index (χ0) is 23.6. The van der Waals surface area contributed by atoms with E-state index in [1.54, 1.807) is 12.1 Å². The largest absolute Gasteiger partial charge is 0.349 e. The van der Waals surface area contributed by atoms with Crippen LogP contribution in [-0.2, 0) is 22.9 Å². The van der Waals surface area contributed by atoms with E-state index < -0.39 is 10.0 Å². The van der Waals surface area contributed by atoms with E-state index in [4.69, 9.17) is 4.98 Å². The van der Waals surface area contributed by atoms with Gasteiger partial charge in [-0.2, -0.15) is 4.31 Å². The van der Waals surface area contributed by atoms with Crippen LogP contribution in [0.4, 0.5) is 0 Å². The Morgan fingerprint density at radius 2 is 1.88 bits per heavy atom. The number of hydrogen-bond acceptors (Lipinski definition) is 5. The van der Waals surface area contributed by atoms with E-state index in [-0.39, 0.29) is 22.9 Å². The smallest absolute Gasteiger partial charge is 0.251 e. The summed E-state index contributed by atoms with van der Waals surface area (Å²) in [6.07, 6.45) is 4.00. The number of carbonyl (C=O) groups is 1. The fraction of sp³-hybridized carbons (Fsp3) is 0.320. The van der Waals surface area contributed by atoms with Crippen LogP contribution in [0.15, 0.2) is 65.7 Å². The zero-order valence-electron chi connectivity index (χ0n) is 19.0. The number of rotatable bonds is 6. The lowest BCUT2D eigenvalue weighted by molar-refractivity contribution is 0.0933. The topological polar surface area (TPSA) is 92.3 Å². The molecule has 0 saturated carbocycles. The number of benzene rings is 2. The summed E-state index contributed by atoms with van der Waals surface area (Å²) in [5.41, 5.74) is 3.35. The minimum absolute atomic E-state index is 0.0604. The molecule has 0 spiro atoms. The summed E-state index contributed by atoms with van der Waals surface area (Å²) in [5.74, 6) is 0.427. The van der Waals surface area contributed by atoms with Crippen LogP contribution in [-0.4, -0.2) is 47.7 Å². The lowest BCUT2D eigenvalue weighted by Crippen LogP contribution is -2.39. The summed E-state index contributed by atoms with van der Waals surface area (Å²) in [7, 11) is -2.12. The standard InChI is InChI=1S/C25H28N4O3S/c1-17(2)29(3)33(31,32)22-11-7-10-19(15-22)25(30)27-21-12-13-23-20(14-21)16-26-24(28-23)18-8-5-4-6-9-18/h4-11,15-17,21H,12-14H2,1-3H3,(H,27,30)/t21-/m1/s1. The first-order valence-electron chi connectivity index (χ1n) is 11.0. The third-order valence-corrected chi connectivity index (χ3v) is 8.05. The van der Waals surface area contributed by atoms with Crippen molar-refractivity contribution < 1.29 is 13.2 Å². The van der Waals surface area contributed by atoms with Crippen molar-refractivity contribution in [1.82, 2.24) is 19.6 Å². The maximum atomic E-state index is 12.9. The molecule has 2 aromatic carbocycles. The Morgan fingerprint density at radius 1 is 1.12 bits per heavy atom. The summed E-state index contributed by atoms with van der Waals surface area (Å²) in [6.45, 7) is 3.61. The van der Waals surface area contributed by atoms with Crippen molar-refractivity contribution in [1.29, 1.82) is 0 Å². The van der Waals surface area contributed by atoms with E-state index in [2.05, 4.69) is 10.3 Å². The van der Waals surface area contributed by atoms with Crippen molar-refractivity contribution in [3.05, 3.63) is 77.6 Å². The third kappa shape index (κ3) is 4.96. The van der Waals surface area contributed by atoms with Crippen molar-refractivity contribution in [3.63, 3.8) is 0 Å². The first kappa shape index (κ1) is 23.1. The minimum atomic E-state index is -3.66. The predicted molar refractivity (Wildman–Crippen MR) is 127 cm³/mol. The van der Waals surface area contributed by atoms with Gasteiger partial charge in [0.15, 0.2) is 5.82 Å². The zero-order valence-corrected chi connectivity index (χ0v) is 19.8. The van der Waals surface area contributed by atoms with Gasteiger partial charge in [0.1, 0.15) is 0 Å². The maximum absolute atomic E-state index is 12.9. The highest BCUT2D eigenvalue weighted by atomic mass is 32.2. The summed E-state index contributed by atoms with van der Waals surface area (Å²) < 4.78 is 26.9. The third-order valence-electron chi connectivity index (χ3n) is 6.02. The molecule has 1 amide bonds. The molecule has 8 heteroatoms. The van der Waals surface area contributed by atoms with Crippen LogP contribution in [0.25, 0.3) is 11.4 Å². The second-order valence-electron chi connectivity index (χ2n) is 8.59. The first-order chi connectivity index (χ1) is 15.8. The molecule has 0 radical (unpaired) electrons. The van der Waals surface area contributed by atoms with Crippen molar-refractivity contribution in [2.45, 2.75) is 50.1 Å². The van der Waals surface area contributed by atoms with Crippen molar-refractivity contribution in [3.8, 4) is 11.4 Å². The molecule has 0 saturated heterocycles. The van der Waals surface area contributed by atoms with E-state index in [0.29, 0.717) is 17.8 Å². The SMILES string of the molecule is CC(C)N(C)S(=O)(=O)c1cccc(C(=O)N[C@@H]2CCc3nc(-c4ccccc4)ncc3C2)c1. The Morgan fingerprint density at radius 3 is 2.61 bits per heavy atom. The molecule has 0 bridgehead atoms. The number of fused-ring (bicyclic) bond motifs is 1. The molecule has 33 heavy (non-hydrogen) atoms. The average Bonchev–Trinajstić information content (AvgIpc) is 2.83. The van der Waals surface area contributed by atoms with Gasteiger partial charge in [-0.1, -0.05) is 36.4 Å². The van der Waals surface area contributed by atoms with E-state index in [9.17, 15) is 13.2 Å². The average molecular weight is 465 g/mol. The highest BCUT2D eigenvalue weighted by Crippen LogP contribution is 2.23. The molecule has 0 unspecified atom stereocenters. The number of amides is 1. The highest BCUT2D eigenvalue weighted by Gasteiger charge is 2.26. The Balaban J connectivity index is 1.46. The molecule has 0 aliphatic heterocycles. The molecule has 4 rings (SSSR count). The number of sulfonamides is 1. The Labute approximate surface area is 194 Å². The van der Waals surface area contributed by atoms with E-state index in [0.717, 1.165) is 29.7 Å². The van der Waals surface area contributed by atoms with Crippen LogP contribution < -0.4 is 5.32 Å². The first-order valence-corrected chi connectivity index (χ1v) is 12.5. The van der Waals surface area contributed by atoms with Crippen LogP contribution in [0.3, 0.4) is 0 Å². The van der Waals surface area contributed by atoms with Crippen LogP contribution in [0.2, 0.25) is 0 Å². The number of aryl methyl sites for hydroxylation is 1. The quantitative estimate of drug-likeness (QED) is 0.603. The molecule has 1 atom stereocenters. The predicted octanol–water partition coefficient (Wildman–Crippen LogP) is 3.46. The lowest BCUT2D eigenvalue weighted by atomic mass is 9.92. The number of aromatic nitrogens is 2. The van der Waals surface area contributed by atoms with E-state index in [1.165, 1.54) is 23.5 Å². The van der Waals surface area contributed by atoms with Crippen molar-refractivity contribution in [2.24, 2.45) is 0 Å². The van der Waals surface area contributed by atoms with Gasteiger partial charge in [0.2, 0.25) is 10.0 Å². The summed E-state index contributed by atoms with van der Waals surface area (Å²) in [4.78, 5) is 22.2. The number of carbonyl (C=O) groups excluding carboxylic acids is 1. The molecule has 1 heterocycles. The minimum Gasteiger partial charge on any atom is -0.349 e. The number of hydrogen-bond donors (Lipinski definition) is 1. The molecule has 0 fully saturated rings. The van der Waals surface area contributed by atoms with Crippen LogP contribution in [0.1, 0.15) is 41.9 Å². The molecule has 7 nitrogen and oxygen atoms in total. The van der Waals surface area contributed by atoms with E-state index >= 15 is 0 Å². The van der Waals surface area contributed by atoms with Gasteiger partial charge < -0.3 is 5.32 Å². The Hall–Kier alpha value is -3.10. The van der Waals surface area contributed by atoms with Gasteiger partial charge in [-0.3, -0.25) is 4.79 Å². The van der Waals surface area contributed by atoms with Gasteiger partial charge in [0, 0.05) is 42.1 Å². The number of nitrogens with zero attached hydrogens (tertiary/aromatic N) is 3. The van der Waals surface area contributed by atoms with Gasteiger partial charge in [0.25, 0.3) is 5.91 Å². The molecule has 1 aliphatic rings. The van der Waals surface area contributed by atoms with E-state index in [1.807, 2.05) is 50.4 Å². The van der Waals surface area contributed by atoms with Gasteiger partial charge in [-0.15, -0.1) is 0 Å². The number of nitrogens with one attached hydrogen (secondary N) is 1. The fourth-order valence-electron chi connectivity index (χ4n) is 3.87. The fourth-order valence-corrected chi connectivity index (χ4v) is 5.28. The van der Waals surface area contributed by atoms with Gasteiger partial charge in [0.05, 0.1) is 4.90 Å². The molecular formula is C25H28N4O3S. The van der Waals surface area contributed by atoms with Crippen molar-refractivity contribution in [2.75, 3.05) is 7.05 Å². The summed E-state index contributed by atoms with van der Waals surface area (Å²) in [5, 5.41) is 3.05. The highest BCUT2D eigenvalue weighted by molar-refractivity contribution is 7.89. The second kappa shape index (κ2) is 9.41. The van der Waals surface area contributed by atoms with Crippen LogP contribution >= 0.6 is 0 Å². The lowest BCUT2D eigenvalue weighted by Gasteiger charge is -2.25. The summed E-state index contributed by atoms with van der Waals surface area (Å²) >= 11 is 0.